The molecule has 1 aromatic carbocycles. The zero-order valence-electron chi connectivity index (χ0n) is 12.1. The molecule has 2 aliphatic rings. The van der Waals surface area contributed by atoms with Gasteiger partial charge < -0.3 is 20.5 Å². The number of fused-ring (bicyclic) bond motifs is 1. The first-order chi connectivity index (χ1) is 10.3. The fourth-order valence-corrected chi connectivity index (χ4v) is 3.04. The summed E-state index contributed by atoms with van der Waals surface area (Å²) in [5, 5.41) is 3.03. The number of nitrogens with one attached hydrogen (secondary N) is 1. The molecule has 21 heavy (non-hydrogen) atoms. The Balaban J connectivity index is 1.50. The summed E-state index contributed by atoms with van der Waals surface area (Å²) >= 11 is 0. The Morgan fingerprint density at radius 3 is 2.71 bits per heavy atom. The topological polar surface area (TPSA) is 73.6 Å². The van der Waals surface area contributed by atoms with Gasteiger partial charge in [0.05, 0.1) is 0 Å². The summed E-state index contributed by atoms with van der Waals surface area (Å²) in [6.07, 6.45) is 4.04. The smallest absolute Gasteiger partial charge is 0.231 e. The lowest BCUT2D eigenvalue weighted by Gasteiger charge is -2.26. The molecule has 3 N–H and O–H groups in total. The van der Waals surface area contributed by atoms with Gasteiger partial charge in [-0.3, -0.25) is 4.79 Å². The first-order valence-electron chi connectivity index (χ1n) is 7.62. The molecule has 5 nitrogen and oxygen atoms in total. The summed E-state index contributed by atoms with van der Waals surface area (Å²) in [6.45, 7) is 1.55. The van der Waals surface area contributed by atoms with Crippen molar-refractivity contribution in [2.75, 3.05) is 13.3 Å². The van der Waals surface area contributed by atoms with Gasteiger partial charge in [-0.2, -0.15) is 0 Å². The van der Waals surface area contributed by atoms with Gasteiger partial charge in [0, 0.05) is 12.5 Å². The molecule has 0 unspecified atom stereocenters. The maximum atomic E-state index is 12.2. The third-order valence-electron chi connectivity index (χ3n) is 4.45. The van der Waals surface area contributed by atoms with E-state index in [1.54, 1.807) is 0 Å². The molecule has 0 radical (unpaired) electrons. The van der Waals surface area contributed by atoms with Crippen molar-refractivity contribution in [1.29, 1.82) is 0 Å². The number of rotatable bonds is 4. The van der Waals surface area contributed by atoms with Crippen LogP contribution in [-0.2, 0) is 11.3 Å². The molecule has 1 aromatic rings. The van der Waals surface area contributed by atoms with E-state index in [4.69, 9.17) is 15.2 Å². The summed E-state index contributed by atoms with van der Waals surface area (Å²) in [5.41, 5.74) is 6.71. The predicted molar refractivity (Wildman–Crippen MR) is 78.9 cm³/mol. The molecular weight excluding hydrogens is 268 g/mol. The highest BCUT2D eigenvalue weighted by molar-refractivity contribution is 5.78. The molecule has 0 bridgehead atoms. The SMILES string of the molecule is NCC1CCC(C(=O)NCc2ccc3c(c2)OCO3)CC1. The number of nitrogens with two attached hydrogens (primary N) is 1. The van der Waals surface area contributed by atoms with Crippen LogP contribution < -0.4 is 20.5 Å². The monoisotopic (exact) mass is 290 g/mol. The summed E-state index contributed by atoms with van der Waals surface area (Å²) in [6, 6.07) is 5.77. The van der Waals surface area contributed by atoms with Crippen LogP contribution in [0.25, 0.3) is 0 Å². The first-order valence-corrected chi connectivity index (χ1v) is 7.62. The standard InChI is InChI=1S/C16H22N2O3/c17-8-11-1-4-13(5-2-11)16(19)18-9-12-3-6-14-15(7-12)21-10-20-14/h3,6-7,11,13H,1-2,4-5,8-10,17H2,(H,18,19). The Morgan fingerprint density at radius 1 is 1.19 bits per heavy atom. The number of hydrogen-bond donors (Lipinski definition) is 2. The van der Waals surface area contributed by atoms with E-state index >= 15 is 0 Å². The minimum atomic E-state index is 0.141. The maximum Gasteiger partial charge on any atom is 0.231 e. The Morgan fingerprint density at radius 2 is 1.95 bits per heavy atom. The zero-order valence-corrected chi connectivity index (χ0v) is 12.1. The molecule has 1 saturated carbocycles. The van der Waals surface area contributed by atoms with Gasteiger partial charge >= 0.3 is 0 Å². The molecule has 114 valence electrons. The van der Waals surface area contributed by atoms with Crippen molar-refractivity contribution < 1.29 is 14.3 Å². The van der Waals surface area contributed by atoms with Crippen molar-refractivity contribution in [2.24, 2.45) is 17.6 Å². The third kappa shape index (κ3) is 3.29. The van der Waals surface area contributed by atoms with Gasteiger partial charge in [-0.05, 0) is 55.8 Å². The number of ether oxygens (including phenoxy) is 2. The second-order valence-corrected chi connectivity index (χ2v) is 5.86. The van der Waals surface area contributed by atoms with Crippen LogP contribution >= 0.6 is 0 Å². The lowest BCUT2D eigenvalue weighted by atomic mass is 9.81. The zero-order chi connectivity index (χ0) is 14.7. The van der Waals surface area contributed by atoms with Crippen LogP contribution in [0.3, 0.4) is 0 Å². The summed E-state index contributed by atoms with van der Waals surface area (Å²) in [5.74, 6) is 2.42. The van der Waals surface area contributed by atoms with Crippen molar-refractivity contribution in [3.63, 3.8) is 0 Å². The number of amides is 1. The second-order valence-electron chi connectivity index (χ2n) is 5.86. The van der Waals surface area contributed by atoms with E-state index in [0.717, 1.165) is 49.3 Å². The van der Waals surface area contributed by atoms with E-state index in [1.165, 1.54) is 0 Å². The van der Waals surface area contributed by atoms with E-state index in [0.29, 0.717) is 12.5 Å². The molecule has 1 fully saturated rings. The minimum absolute atomic E-state index is 0.141. The number of hydrogen-bond acceptors (Lipinski definition) is 4. The molecule has 0 saturated heterocycles. The van der Waals surface area contributed by atoms with Gasteiger partial charge in [0.2, 0.25) is 12.7 Å². The van der Waals surface area contributed by atoms with Crippen molar-refractivity contribution in [1.82, 2.24) is 5.32 Å². The number of carbonyl (C=O) groups is 1. The second kappa shape index (κ2) is 6.35. The molecule has 0 atom stereocenters. The van der Waals surface area contributed by atoms with Gasteiger partial charge in [0.1, 0.15) is 0 Å². The molecular formula is C16H22N2O3. The summed E-state index contributed by atoms with van der Waals surface area (Å²) in [4.78, 5) is 12.2. The molecule has 3 rings (SSSR count). The Bertz CT molecular complexity index is 510. The predicted octanol–water partition coefficient (Wildman–Crippen LogP) is 1.80. The maximum absolute atomic E-state index is 12.2. The summed E-state index contributed by atoms with van der Waals surface area (Å²) < 4.78 is 10.6. The fraction of sp³-hybridized carbons (Fsp3) is 0.562. The molecule has 0 spiro atoms. The van der Waals surface area contributed by atoms with Crippen molar-refractivity contribution in [3.8, 4) is 11.5 Å². The molecule has 1 aliphatic heterocycles. The number of carbonyl (C=O) groups excluding carboxylic acids is 1. The van der Waals surface area contributed by atoms with Crippen LogP contribution in [0.5, 0.6) is 11.5 Å². The van der Waals surface area contributed by atoms with Crippen LogP contribution in [0.2, 0.25) is 0 Å². The van der Waals surface area contributed by atoms with Crippen molar-refractivity contribution >= 4 is 5.91 Å². The fourth-order valence-electron chi connectivity index (χ4n) is 3.04. The molecule has 0 aromatic heterocycles. The van der Waals surface area contributed by atoms with Crippen LogP contribution in [0, 0.1) is 11.8 Å². The highest BCUT2D eigenvalue weighted by Crippen LogP contribution is 2.32. The van der Waals surface area contributed by atoms with Crippen LogP contribution in [0.1, 0.15) is 31.2 Å². The molecule has 5 heteroatoms. The number of benzene rings is 1. The Labute approximate surface area is 124 Å². The van der Waals surface area contributed by atoms with E-state index < -0.39 is 0 Å². The third-order valence-corrected chi connectivity index (χ3v) is 4.45. The Hall–Kier alpha value is -1.75. The van der Waals surface area contributed by atoms with Crippen LogP contribution in [-0.4, -0.2) is 19.2 Å². The Kier molecular flexibility index (Phi) is 4.29. The first kappa shape index (κ1) is 14.2. The molecule has 1 aliphatic carbocycles. The normalized spacial score (nSPS) is 23.9. The van der Waals surface area contributed by atoms with Gasteiger partial charge in [0.25, 0.3) is 0 Å². The quantitative estimate of drug-likeness (QED) is 0.886. The van der Waals surface area contributed by atoms with Gasteiger partial charge in [-0.15, -0.1) is 0 Å². The van der Waals surface area contributed by atoms with E-state index in [-0.39, 0.29) is 18.6 Å². The van der Waals surface area contributed by atoms with Gasteiger partial charge in [-0.1, -0.05) is 6.07 Å². The highest BCUT2D eigenvalue weighted by atomic mass is 16.7. The molecule has 1 amide bonds. The van der Waals surface area contributed by atoms with Gasteiger partial charge in [0.15, 0.2) is 11.5 Å². The minimum Gasteiger partial charge on any atom is -0.454 e. The van der Waals surface area contributed by atoms with E-state index in [9.17, 15) is 4.79 Å². The van der Waals surface area contributed by atoms with Crippen LogP contribution in [0.4, 0.5) is 0 Å². The van der Waals surface area contributed by atoms with Crippen molar-refractivity contribution in [3.05, 3.63) is 23.8 Å². The average molecular weight is 290 g/mol. The lowest BCUT2D eigenvalue weighted by Crippen LogP contribution is -2.33. The largest absolute Gasteiger partial charge is 0.454 e. The molecule has 1 heterocycles. The highest BCUT2D eigenvalue weighted by Gasteiger charge is 2.25. The van der Waals surface area contributed by atoms with E-state index in [1.807, 2.05) is 18.2 Å². The van der Waals surface area contributed by atoms with E-state index in [2.05, 4.69) is 5.32 Å². The average Bonchev–Trinajstić information content (AvgIpc) is 3.00. The van der Waals surface area contributed by atoms with Gasteiger partial charge in [-0.25, -0.2) is 0 Å². The summed E-state index contributed by atoms with van der Waals surface area (Å²) in [7, 11) is 0. The van der Waals surface area contributed by atoms with Crippen molar-refractivity contribution in [2.45, 2.75) is 32.2 Å². The lowest BCUT2D eigenvalue weighted by molar-refractivity contribution is -0.126. The van der Waals surface area contributed by atoms with Crippen LogP contribution in [0.15, 0.2) is 18.2 Å².